The van der Waals surface area contributed by atoms with Crippen LogP contribution in [-0.4, -0.2) is 51.7 Å². The predicted molar refractivity (Wildman–Crippen MR) is 100 cm³/mol. The van der Waals surface area contributed by atoms with Crippen LogP contribution in [0.2, 0.25) is 0 Å². The Labute approximate surface area is 149 Å². The molecule has 1 aliphatic rings. The first kappa shape index (κ1) is 17.4. The van der Waals surface area contributed by atoms with Crippen LogP contribution in [0.25, 0.3) is 0 Å². The van der Waals surface area contributed by atoms with Gasteiger partial charge in [-0.05, 0) is 18.2 Å². The van der Waals surface area contributed by atoms with E-state index in [2.05, 4.69) is 57.9 Å². The number of piperazine rings is 1. The first-order valence-electron chi connectivity index (χ1n) is 8.67. The molecule has 1 aromatic carbocycles. The van der Waals surface area contributed by atoms with Gasteiger partial charge in [0.25, 0.3) is 0 Å². The van der Waals surface area contributed by atoms with Crippen molar-refractivity contribution in [3.05, 3.63) is 53.3 Å². The summed E-state index contributed by atoms with van der Waals surface area (Å²) < 4.78 is 0. The highest BCUT2D eigenvalue weighted by Gasteiger charge is 2.17. The van der Waals surface area contributed by atoms with Crippen molar-refractivity contribution >= 4 is 11.8 Å². The molecule has 0 atom stereocenters. The third kappa shape index (κ3) is 5.03. The summed E-state index contributed by atoms with van der Waals surface area (Å²) in [5.74, 6) is 1.02. The molecule has 2 aromatic rings. The topological polar surface area (TPSA) is 32.3 Å². The molecule has 0 radical (unpaired) electrons. The molecule has 2 heterocycles. The summed E-state index contributed by atoms with van der Waals surface area (Å²) in [6.07, 6.45) is 3.95. The normalized spacial score (nSPS) is 16.4. The molecule has 0 bridgehead atoms. The molecular weight excluding hydrogens is 316 g/mol. The predicted octanol–water partition coefficient (Wildman–Crippen LogP) is 3.21. The maximum absolute atomic E-state index is 4.43. The molecule has 0 unspecified atom stereocenters. The van der Waals surface area contributed by atoms with E-state index in [4.69, 9.17) is 0 Å². The van der Waals surface area contributed by atoms with Gasteiger partial charge in [0.2, 0.25) is 0 Å². The molecule has 128 valence electrons. The zero-order chi connectivity index (χ0) is 16.8. The highest BCUT2D eigenvalue weighted by Crippen LogP contribution is 2.14. The molecule has 0 saturated carbocycles. The van der Waals surface area contributed by atoms with E-state index in [1.165, 1.54) is 16.7 Å². The van der Waals surface area contributed by atoms with Gasteiger partial charge in [-0.3, -0.25) is 9.80 Å². The molecule has 5 heteroatoms. The van der Waals surface area contributed by atoms with E-state index in [1.807, 2.05) is 12.4 Å². The minimum Gasteiger partial charge on any atom is -0.297 e. The summed E-state index contributed by atoms with van der Waals surface area (Å²) >= 11 is 1.69. The Morgan fingerprint density at radius 1 is 0.958 bits per heavy atom. The average Bonchev–Trinajstić information content (AvgIpc) is 2.59. The Morgan fingerprint density at radius 2 is 1.58 bits per heavy atom. The molecule has 4 nitrogen and oxygen atoms in total. The second-order valence-corrected chi connectivity index (χ2v) is 7.58. The Morgan fingerprint density at radius 3 is 2.17 bits per heavy atom. The molecule has 1 aromatic heterocycles. The highest BCUT2D eigenvalue weighted by atomic mass is 32.2. The number of hydrogen-bond donors (Lipinski definition) is 0. The summed E-state index contributed by atoms with van der Waals surface area (Å²) in [7, 11) is 0. The van der Waals surface area contributed by atoms with Gasteiger partial charge in [0.1, 0.15) is 0 Å². The third-order valence-electron chi connectivity index (χ3n) is 4.31. The van der Waals surface area contributed by atoms with E-state index in [0.29, 0.717) is 0 Å². The van der Waals surface area contributed by atoms with Crippen molar-refractivity contribution in [2.75, 3.05) is 31.9 Å². The van der Waals surface area contributed by atoms with Gasteiger partial charge < -0.3 is 0 Å². The standard InChI is InChI=1S/C19H26N4S/c1-3-24-19-20-12-18(13-21-19)15-23-9-7-22(8-10-23)14-17-6-4-5-16(2)11-17/h4-6,11-13H,3,7-10,14-15H2,1-2H3. The molecule has 24 heavy (non-hydrogen) atoms. The van der Waals surface area contributed by atoms with Crippen molar-refractivity contribution in [2.45, 2.75) is 32.1 Å². The van der Waals surface area contributed by atoms with E-state index < -0.39 is 0 Å². The maximum Gasteiger partial charge on any atom is 0.187 e. The molecule has 0 spiro atoms. The Kier molecular flexibility index (Phi) is 6.24. The lowest BCUT2D eigenvalue weighted by atomic mass is 10.1. The Balaban J connectivity index is 1.46. The van der Waals surface area contributed by atoms with Crippen molar-refractivity contribution in [2.24, 2.45) is 0 Å². The molecule has 1 aliphatic heterocycles. The molecule has 0 amide bonds. The number of thioether (sulfide) groups is 1. The second kappa shape index (κ2) is 8.60. The van der Waals surface area contributed by atoms with Crippen LogP contribution in [-0.2, 0) is 13.1 Å². The summed E-state index contributed by atoms with van der Waals surface area (Å²) in [4.78, 5) is 13.9. The van der Waals surface area contributed by atoms with E-state index in [0.717, 1.165) is 50.2 Å². The fourth-order valence-electron chi connectivity index (χ4n) is 3.06. The van der Waals surface area contributed by atoms with Gasteiger partial charge in [0, 0.05) is 57.2 Å². The Hall–Kier alpha value is -1.43. The van der Waals surface area contributed by atoms with E-state index >= 15 is 0 Å². The van der Waals surface area contributed by atoms with Crippen molar-refractivity contribution in [1.29, 1.82) is 0 Å². The number of nitrogens with zero attached hydrogens (tertiary/aromatic N) is 4. The first-order valence-corrected chi connectivity index (χ1v) is 9.65. The van der Waals surface area contributed by atoms with Crippen molar-refractivity contribution in [3.63, 3.8) is 0 Å². The summed E-state index contributed by atoms with van der Waals surface area (Å²) in [6.45, 7) is 10.8. The lowest BCUT2D eigenvalue weighted by Crippen LogP contribution is -2.45. The van der Waals surface area contributed by atoms with Crippen LogP contribution < -0.4 is 0 Å². The van der Waals surface area contributed by atoms with Gasteiger partial charge in [-0.15, -0.1) is 0 Å². The second-order valence-electron chi connectivity index (χ2n) is 6.35. The zero-order valence-electron chi connectivity index (χ0n) is 14.6. The fraction of sp³-hybridized carbons (Fsp3) is 0.474. The monoisotopic (exact) mass is 342 g/mol. The number of aryl methyl sites for hydroxylation is 1. The number of aromatic nitrogens is 2. The Bertz CT molecular complexity index is 636. The lowest BCUT2D eigenvalue weighted by molar-refractivity contribution is 0.122. The highest BCUT2D eigenvalue weighted by molar-refractivity contribution is 7.99. The molecule has 1 saturated heterocycles. The van der Waals surface area contributed by atoms with Gasteiger partial charge in [-0.2, -0.15) is 0 Å². The smallest absolute Gasteiger partial charge is 0.187 e. The van der Waals surface area contributed by atoms with Gasteiger partial charge in [-0.1, -0.05) is 48.5 Å². The maximum atomic E-state index is 4.43. The fourth-order valence-corrected chi connectivity index (χ4v) is 3.57. The number of hydrogen-bond acceptors (Lipinski definition) is 5. The van der Waals surface area contributed by atoms with Crippen LogP contribution in [0.1, 0.15) is 23.6 Å². The van der Waals surface area contributed by atoms with Crippen molar-refractivity contribution < 1.29 is 0 Å². The summed E-state index contributed by atoms with van der Waals surface area (Å²) in [6, 6.07) is 8.83. The largest absolute Gasteiger partial charge is 0.297 e. The van der Waals surface area contributed by atoms with Crippen LogP contribution in [0.4, 0.5) is 0 Å². The van der Waals surface area contributed by atoms with Crippen molar-refractivity contribution in [3.8, 4) is 0 Å². The zero-order valence-corrected chi connectivity index (χ0v) is 15.4. The van der Waals surface area contributed by atoms with Crippen LogP contribution in [0.5, 0.6) is 0 Å². The van der Waals surface area contributed by atoms with Crippen LogP contribution >= 0.6 is 11.8 Å². The SMILES string of the molecule is CCSc1ncc(CN2CCN(Cc3cccc(C)c3)CC2)cn1. The summed E-state index contributed by atoms with van der Waals surface area (Å²) in [5, 5.41) is 0.879. The van der Waals surface area contributed by atoms with E-state index in [-0.39, 0.29) is 0 Å². The van der Waals surface area contributed by atoms with Gasteiger partial charge in [0.05, 0.1) is 0 Å². The molecule has 0 N–H and O–H groups in total. The number of rotatable bonds is 6. The molecule has 1 fully saturated rings. The average molecular weight is 343 g/mol. The molecule has 3 rings (SSSR count). The summed E-state index contributed by atoms with van der Waals surface area (Å²) in [5.41, 5.74) is 3.97. The number of benzene rings is 1. The van der Waals surface area contributed by atoms with E-state index in [9.17, 15) is 0 Å². The quantitative estimate of drug-likeness (QED) is 0.594. The lowest BCUT2D eigenvalue weighted by Gasteiger charge is -2.34. The van der Waals surface area contributed by atoms with Gasteiger partial charge in [0.15, 0.2) is 5.16 Å². The van der Waals surface area contributed by atoms with Gasteiger partial charge in [-0.25, -0.2) is 9.97 Å². The minimum atomic E-state index is 0.879. The van der Waals surface area contributed by atoms with Crippen LogP contribution in [0.3, 0.4) is 0 Å². The van der Waals surface area contributed by atoms with Crippen molar-refractivity contribution in [1.82, 2.24) is 19.8 Å². The first-order chi connectivity index (χ1) is 11.7. The van der Waals surface area contributed by atoms with Crippen LogP contribution in [0.15, 0.2) is 41.8 Å². The van der Waals surface area contributed by atoms with Crippen LogP contribution in [0, 0.1) is 6.92 Å². The third-order valence-corrected chi connectivity index (χ3v) is 5.07. The van der Waals surface area contributed by atoms with Gasteiger partial charge >= 0.3 is 0 Å². The molecular formula is C19H26N4S. The molecule has 0 aliphatic carbocycles. The minimum absolute atomic E-state index is 0.879. The van der Waals surface area contributed by atoms with E-state index in [1.54, 1.807) is 11.8 Å².